The minimum absolute atomic E-state index is 0.155. The van der Waals surface area contributed by atoms with Crippen LogP contribution in [0.25, 0.3) is 10.6 Å². The Balaban J connectivity index is 2.40. The summed E-state index contributed by atoms with van der Waals surface area (Å²) < 4.78 is 0. The van der Waals surface area contributed by atoms with E-state index in [9.17, 15) is 5.26 Å². The lowest BCUT2D eigenvalue weighted by atomic mass is 9.87. The fourth-order valence-corrected chi connectivity index (χ4v) is 3.06. The van der Waals surface area contributed by atoms with Crippen LogP contribution in [0, 0.1) is 11.3 Å². The summed E-state index contributed by atoms with van der Waals surface area (Å²) >= 11 is 1.48. The molecule has 104 valence electrons. The SMILES string of the molecule is CC(C)c1nc(-c2ccc(C(C)(C)C)cc2)sc1C#N. The summed E-state index contributed by atoms with van der Waals surface area (Å²) in [6, 6.07) is 10.8. The lowest BCUT2D eigenvalue weighted by Gasteiger charge is -2.18. The zero-order chi connectivity index (χ0) is 14.9. The van der Waals surface area contributed by atoms with Crippen molar-refractivity contribution in [2.45, 2.75) is 46.0 Å². The van der Waals surface area contributed by atoms with E-state index in [4.69, 9.17) is 0 Å². The molecule has 0 unspecified atom stereocenters. The van der Waals surface area contributed by atoms with Crippen molar-refractivity contribution < 1.29 is 0 Å². The Hall–Kier alpha value is -1.66. The van der Waals surface area contributed by atoms with Gasteiger partial charge in [0.25, 0.3) is 0 Å². The largest absolute Gasteiger partial charge is 0.239 e. The molecule has 0 aliphatic rings. The fourth-order valence-electron chi connectivity index (χ4n) is 2.04. The third-order valence-electron chi connectivity index (χ3n) is 3.30. The van der Waals surface area contributed by atoms with Crippen LogP contribution in [0.3, 0.4) is 0 Å². The van der Waals surface area contributed by atoms with Gasteiger partial charge in [0.2, 0.25) is 0 Å². The second-order valence-electron chi connectivity index (χ2n) is 6.33. The Morgan fingerprint density at radius 3 is 2.15 bits per heavy atom. The first-order chi connectivity index (χ1) is 9.32. The molecule has 2 nitrogen and oxygen atoms in total. The third-order valence-corrected chi connectivity index (χ3v) is 4.32. The van der Waals surface area contributed by atoms with Crippen LogP contribution >= 0.6 is 11.3 Å². The van der Waals surface area contributed by atoms with Gasteiger partial charge in [0.1, 0.15) is 16.0 Å². The van der Waals surface area contributed by atoms with Crippen molar-refractivity contribution in [1.82, 2.24) is 4.98 Å². The van der Waals surface area contributed by atoms with Crippen LogP contribution in [0.15, 0.2) is 24.3 Å². The highest BCUT2D eigenvalue weighted by atomic mass is 32.1. The van der Waals surface area contributed by atoms with Gasteiger partial charge in [-0.15, -0.1) is 11.3 Å². The fraction of sp³-hybridized carbons (Fsp3) is 0.412. The Kier molecular flexibility index (Phi) is 3.96. The normalized spacial score (nSPS) is 11.7. The van der Waals surface area contributed by atoms with Crippen molar-refractivity contribution >= 4 is 11.3 Å². The van der Waals surface area contributed by atoms with Crippen molar-refractivity contribution in [2.24, 2.45) is 0 Å². The molecule has 0 saturated heterocycles. The molecule has 0 N–H and O–H groups in total. The average Bonchev–Trinajstić information content (AvgIpc) is 2.82. The van der Waals surface area contributed by atoms with E-state index in [-0.39, 0.29) is 11.3 Å². The lowest BCUT2D eigenvalue weighted by Crippen LogP contribution is -2.10. The van der Waals surface area contributed by atoms with E-state index >= 15 is 0 Å². The standard InChI is InChI=1S/C17H20N2S/c1-11(2)15-14(10-18)20-16(19-15)12-6-8-13(9-7-12)17(3,4)5/h6-9,11H,1-5H3. The molecule has 1 aromatic heterocycles. The number of aromatic nitrogens is 1. The zero-order valence-electron chi connectivity index (χ0n) is 12.7. The van der Waals surface area contributed by atoms with Gasteiger partial charge in [-0.2, -0.15) is 5.26 Å². The highest BCUT2D eigenvalue weighted by molar-refractivity contribution is 7.15. The van der Waals surface area contributed by atoms with Gasteiger partial charge in [0, 0.05) is 5.56 Å². The summed E-state index contributed by atoms with van der Waals surface area (Å²) in [5.74, 6) is 0.281. The van der Waals surface area contributed by atoms with Gasteiger partial charge < -0.3 is 0 Å². The van der Waals surface area contributed by atoms with Gasteiger partial charge in [-0.1, -0.05) is 58.9 Å². The number of hydrogen-bond donors (Lipinski definition) is 0. The minimum atomic E-state index is 0.155. The Bertz CT molecular complexity index is 637. The van der Waals surface area contributed by atoms with Crippen molar-refractivity contribution in [1.29, 1.82) is 5.26 Å². The molecule has 0 aliphatic carbocycles. The first-order valence-corrected chi connectivity index (χ1v) is 7.66. The van der Waals surface area contributed by atoms with E-state index in [1.165, 1.54) is 16.9 Å². The van der Waals surface area contributed by atoms with Crippen LogP contribution in [0.1, 0.15) is 56.7 Å². The van der Waals surface area contributed by atoms with Gasteiger partial charge in [-0.3, -0.25) is 0 Å². The summed E-state index contributed by atoms with van der Waals surface area (Å²) in [5.41, 5.74) is 3.46. The van der Waals surface area contributed by atoms with Crippen molar-refractivity contribution in [2.75, 3.05) is 0 Å². The van der Waals surface area contributed by atoms with Crippen LogP contribution < -0.4 is 0 Å². The monoisotopic (exact) mass is 284 g/mol. The van der Waals surface area contributed by atoms with Gasteiger partial charge in [-0.25, -0.2) is 4.98 Å². The first-order valence-electron chi connectivity index (χ1n) is 6.84. The highest BCUT2D eigenvalue weighted by Crippen LogP contribution is 2.32. The molecule has 0 bridgehead atoms. The molecular formula is C17H20N2S. The van der Waals surface area contributed by atoms with Crippen molar-refractivity contribution in [3.05, 3.63) is 40.4 Å². The lowest BCUT2D eigenvalue weighted by molar-refractivity contribution is 0.590. The van der Waals surface area contributed by atoms with E-state index in [0.717, 1.165) is 21.1 Å². The molecule has 0 atom stereocenters. The van der Waals surface area contributed by atoms with Crippen LogP contribution in [-0.2, 0) is 5.41 Å². The zero-order valence-corrected chi connectivity index (χ0v) is 13.5. The quantitative estimate of drug-likeness (QED) is 0.769. The number of rotatable bonds is 2. The molecule has 2 aromatic rings. The summed E-state index contributed by atoms with van der Waals surface area (Å²) in [6.07, 6.45) is 0. The molecule has 0 saturated carbocycles. The van der Waals surface area contributed by atoms with Gasteiger partial charge in [0.05, 0.1) is 5.69 Å². The Morgan fingerprint density at radius 1 is 1.15 bits per heavy atom. The van der Waals surface area contributed by atoms with E-state index in [1.807, 2.05) is 0 Å². The van der Waals surface area contributed by atoms with Crippen LogP contribution in [0.4, 0.5) is 0 Å². The molecule has 0 radical (unpaired) electrons. The third kappa shape index (κ3) is 2.91. The number of thiazole rings is 1. The summed E-state index contributed by atoms with van der Waals surface area (Å²) in [6.45, 7) is 10.8. The van der Waals surface area contributed by atoms with E-state index in [0.29, 0.717) is 0 Å². The predicted octanol–water partition coefficient (Wildman–Crippen LogP) is 5.10. The molecule has 0 aliphatic heterocycles. The predicted molar refractivity (Wildman–Crippen MR) is 85.1 cm³/mol. The maximum Gasteiger partial charge on any atom is 0.128 e. The second-order valence-corrected chi connectivity index (χ2v) is 7.33. The highest BCUT2D eigenvalue weighted by Gasteiger charge is 2.16. The van der Waals surface area contributed by atoms with Crippen LogP contribution in [0.5, 0.6) is 0 Å². The molecule has 1 aromatic carbocycles. The second kappa shape index (κ2) is 5.38. The topological polar surface area (TPSA) is 36.7 Å². The molecule has 20 heavy (non-hydrogen) atoms. The van der Waals surface area contributed by atoms with Gasteiger partial charge >= 0.3 is 0 Å². The smallest absolute Gasteiger partial charge is 0.128 e. The summed E-state index contributed by atoms with van der Waals surface area (Å²) in [5, 5.41) is 10.1. The number of benzene rings is 1. The van der Waals surface area contributed by atoms with Crippen LogP contribution in [0.2, 0.25) is 0 Å². The molecule has 0 amide bonds. The summed E-state index contributed by atoms with van der Waals surface area (Å²) in [4.78, 5) is 5.37. The first kappa shape index (κ1) is 14.7. The minimum Gasteiger partial charge on any atom is -0.239 e. The number of hydrogen-bond acceptors (Lipinski definition) is 3. The van der Waals surface area contributed by atoms with E-state index in [2.05, 4.69) is 69.9 Å². The van der Waals surface area contributed by atoms with Crippen LogP contribution in [-0.4, -0.2) is 4.98 Å². The average molecular weight is 284 g/mol. The molecule has 0 spiro atoms. The molecule has 3 heteroatoms. The van der Waals surface area contributed by atoms with Crippen molar-refractivity contribution in [3.8, 4) is 16.6 Å². The van der Waals surface area contributed by atoms with Crippen molar-refractivity contribution in [3.63, 3.8) is 0 Å². The molecule has 2 rings (SSSR count). The van der Waals surface area contributed by atoms with E-state index < -0.39 is 0 Å². The molecular weight excluding hydrogens is 264 g/mol. The molecule has 1 heterocycles. The maximum absolute atomic E-state index is 9.20. The van der Waals surface area contributed by atoms with Gasteiger partial charge in [-0.05, 0) is 16.9 Å². The molecule has 0 fully saturated rings. The number of nitriles is 1. The van der Waals surface area contributed by atoms with Gasteiger partial charge in [0.15, 0.2) is 0 Å². The van der Waals surface area contributed by atoms with E-state index in [1.54, 1.807) is 0 Å². The summed E-state index contributed by atoms with van der Waals surface area (Å²) in [7, 11) is 0. The Morgan fingerprint density at radius 2 is 1.75 bits per heavy atom. The Labute approximate surface area is 125 Å². The number of nitrogens with zero attached hydrogens (tertiary/aromatic N) is 2. The maximum atomic E-state index is 9.20.